The molecular formula is C12H11BrClN3. The Morgan fingerprint density at radius 3 is 2.82 bits per heavy atom. The van der Waals surface area contributed by atoms with Gasteiger partial charge in [0.1, 0.15) is 5.15 Å². The molecule has 0 amide bonds. The van der Waals surface area contributed by atoms with Crippen LogP contribution in [0.4, 0.5) is 5.69 Å². The van der Waals surface area contributed by atoms with Crippen molar-refractivity contribution in [1.82, 2.24) is 9.97 Å². The first-order valence-corrected chi connectivity index (χ1v) is 6.32. The van der Waals surface area contributed by atoms with Crippen LogP contribution in [0.3, 0.4) is 0 Å². The van der Waals surface area contributed by atoms with Crippen molar-refractivity contribution in [2.45, 2.75) is 13.0 Å². The summed E-state index contributed by atoms with van der Waals surface area (Å²) in [7, 11) is 0. The van der Waals surface area contributed by atoms with Crippen LogP contribution in [0.5, 0.6) is 0 Å². The Labute approximate surface area is 113 Å². The zero-order chi connectivity index (χ0) is 12.3. The van der Waals surface area contributed by atoms with Crippen LogP contribution in [0, 0.1) is 0 Å². The van der Waals surface area contributed by atoms with Crippen molar-refractivity contribution < 1.29 is 0 Å². The minimum Gasteiger partial charge on any atom is -0.376 e. The van der Waals surface area contributed by atoms with E-state index in [1.165, 1.54) is 0 Å². The minimum atomic E-state index is 0.117. The van der Waals surface area contributed by atoms with E-state index in [4.69, 9.17) is 11.6 Å². The molecule has 1 N–H and O–H groups in total. The van der Waals surface area contributed by atoms with Gasteiger partial charge in [0.15, 0.2) is 0 Å². The van der Waals surface area contributed by atoms with Gasteiger partial charge < -0.3 is 5.32 Å². The summed E-state index contributed by atoms with van der Waals surface area (Å²) in [6.07, 6.45) is 3.48. The molecular weight excluding hydrogens is 302 g/mol. The summed E-state index contributed by atoms with van der Waals surface area (Å²) >= 11 is 9.18. The standard InChI is InChI=1S/C12H11BrClN3/c1-8(11-4-2-3-5-15-11)17-9-6-10(13)12(14)16-7-9/h2-8,17H,1H3. The molecule has 0 saturated carbocycles. The minimum absolute atomic E-state index is 0.117. The maximum absolute atomic E-state index is 5.84. The highest BCUT2D eigenvalue weighted by molar-refractivity contribution is 9.10. The quantitative estimate of drug-likeness (QED) is 0.868. The number of pyridine rings is 2. The van der Waals surface area contributed by atoms with Crippen molar-refractivity contribution in [2.75, 3.05) is 5.32 Å². The van der Waals surface area contributed by atoms with Gasteiger partial charge in [0.05, 0.1) is 28.1 Å². The number of nitrogens with zero attached hydrogens (tertiary/aromatic N) is 2. The fourth-order valence-electron chi connectivity index (χ4n) is 1.46. The SMILES string of the molecule is CC(Nc1cnc(Cl)c(Br)c1)c1ccccn1. The van der Waals surface area contributed by atoms with E-state index in [2.05, 4.69) is 31.2 Å². The Hall–Kier alpha value is -1.13. The molecule has 2 aromatic heterocycles. The molecule has 0 aliphatic heterocycles. The number of nitrogens with one attached hydrogen (secondary N) is 1. The summed E-state index contributed by atoms with van der Waals surface area (Å²) in [6, 6.07) is 7.86. The summed E-state index contributed by atoms with van der Waals surface area (Å²) in [4.78, 5) is 8.36. The van der Waals surface area contributed by atoms with Gasteiger partial charge in [0.2, 0.25) is 0 Å². The smallest absolute Gasteiger partial charge is 0.143 e. The van der Waals surface area contributed by atoms with Crippen LogP contribution in [0.15, 0.2) is 41.1 Å². The maximum Gasteiger partial charge on any atom is 0.143 e. The second-order valence-corrected chi connectivity index (χ2v) is 4.83. The Balaban J connectivity index is 2.13. The van der Waals surface area contributed by atoms with Crippen LogP contribution in [0.2, 0.25) is 5.15 Å². The molecule has 0 spiro atoms. The highest BCUT2D eigenvalue weighted by Gasteiger charge is 2.07. The highest BCUT2D eigenvalue weighted by Crippen LogP contribution is 2.25. The molecule has 0 aliphatic carbocycles. The summed E-state index contributed by atoms with van der Waals surface area (Å²) in [5.41, 5.74) is 1.89. The average molecular weight is 313 g/mol. The molecule has 1 atom stereocenters. The van der Waals surface area contributed by atoms with Crippen LogP contribution in [-0.4, -0.2) is 9.97 Å². The van der Waals surface area contributed by atoms with Crippen LogP contribution in [-0.2, 0) is 0 Å². The lowest BCUT2D eigenvalue weighted by Crippen LogP contribution is -2.08. The van der Waals surface area contributed by atoms with Crippen molar-refractivity contribution in [3.63, 3.8) is 0 Å². The van der Waals surface area contributed by atoms with Gasteiger partial charge in [-0.3, -0.25) is 4.98 Å². The van der Waals surface area contributed by atoms with Gasteiger partial charge in [-0.05, 0) is 41.1 Å². The number of hydrogen-bond acceptors (Lipinski definition) is 3. The summed E-state index contributed by atoms with van der Waals surface area (Å²) in [5, 5.41) is 3.77. The van der Waals surface area contributed by atoms with E-state index >= 15 is 0 Å². The Kier molecular flexibility index (Phi) is 3.97. The molecule has 0 saturated heterocycles. The van der Waals surface area contributed by atoms with Crippen LogP contribution >= 0.6 is 27.5 Å². The van der Waals surface area contributed by atoms with Crippen molar-refractivity contribution in [3.8, 4) is 0 Å². The molecule has 2 heterocycles. The molecule has 5 heteroatoms. The molecule has 0 fully saturated rings. The number of rotatable bonds is 3. The molecule has 0 aliphatic rings. The van der Waals surface area contributed by atoms with E-state index in [1.807, 2.05) is 31.2 Å². The van der Waals surface area contributed by atoms with Gasteiger partial charge in [0, 0.05) is 6.20 Å². The van der Waals surface area contributed by atoms with E-state index in [9.17, 15) is 0 Å². The van der Waals surface area contributed by atoms with E-state index in [-0.39, 0.29) is 6.04 Å². The molecule has 3 nitrogen and oxygen atoms in total. The summed E-state index contributed by atoms with van der Waals surface area (Å²) in [6.45, 7) is 2.05. The van der Waals surface area contributed by atoms with Gasteiger partial charge in [-0.25, -0.2) is 4.98 Å². The predicted octanol–water partition coefficient (Wildman–Crippen LogP) is 4.07. The number of aromatic nitrogens is 2. The molecule has 0 radical (unpaired) electrons. The van der Waals surface area contributed by atoms with Gasteiger partial charge in [-0.15, -0.1) is 0 Å². The first kappa shape index (κ1) is 12.3. The summed E-state index contributed by atoms with van der Waals surface area (Å²) < 4.78 is 0.775. The van der Waals surface area contributed by atoms with Crippen molar-refractivity contribution in [1.29, 1.82) is 0 Å². The van der Waals surface area contributed by atoms with E-state index in [0.717, 1.165) is 15.9 Å². The Bertz CT molecular complexity index is 504. The largest absolute Gasteiger partial charge is 0.376 e. The van der Waals surface area contributed by atoms with Crippen molar-refractivity contribution in [3.05, 3.63) is 52.0 Å². The molecule has 1 unspecified atom stereocenters. The second kappa shape index (κ2) is 5.47. The fraction of sp³-hybridized carbons (Fsp3) is 0.167. The predicted molar refractivity (Wildman–Crippen MR) is 73.2 cm³/mol. The zero-order valence-corrected chi connectivity index (χ0v) is 11.5. The highest BCUT2D eigenvalue weighted by atomic mass is 79.9. The lowest BCUT2D eigenvalue weighted by molar-refractivity contribution is 0.838. The summed E-state index contributed by atoms with van der Waals surface area (Å²) in [5.74, 6) is 0. The van der Waals surface area contributed by atoms with Crippen molar-refractivity contribution in [2.24, 2.45) is 0 Å². The van der Waals surface area contributed by atoms with Crippen LogP contribution in [0.1, 0.15) is 18.7 Å². The third-order valence-electron chi connectivity index (χ3n) is 2.31. The number of anilines is 1. The molecule has 88 valence electrons. The zero-order valence-electron chi connectivity index (χ0n) is 9.19. The third-order valence-corrected chi connectivity index (χ3v) is 3.44. The van der Waals surface area contributed by atoms with Gasteiger partial charge >= 0.3 is 0 Å². The van der Waals surface area contributed by atoms with Gasteiger partial charge in [-0.1, -0.05) is 17.7 Å². The lowest BCUT2D eigenvalue weighted by Gasteiger charge is -2.14. The normalized spacial score (nSPS) is 12.2. The van der Waals surface area contributed by atoms with E-state index in [1.54, 1.807) is 12.4 Å². The lowest BCUT2D eigenvalue weighted by atomic mass is 10.2. The molecule has 2 aromatic rings. The molecule has 17 heavy (non-hydrogen) atoms. The topological polar surface area (TPSA) is 37.8 Å². The van der Waals surface area contributed by atoms with Gasteiger partial charge in [0.25, 0.3) is 0 Å². The molecule has 0 aromatic carbocycles. The second-order valence-electron chi connectivity index (χ2n) is 3.62. The molecule has 0 bridgehead atoms. The first-order valence-electron chi connectivity index (χ1n) is 5.15. The number of halogens is 2. The first-order chi connectivity index (χ1) is 8.16. The van der Waals surface area contributed by atoms with E-state index < -0.39 is 0 Å². The average Bonchev–Trinajstić information content (AvgIpc) is 2.35. The Morgan fingerprint density at radius 2 is 2.18 bits per heavy atom. The monoisotopic (exact) mass is 311 g/mol. The van der Waals surface area contributed by atoms with E-state index in [0.29, 0.717) is 5.15 Å². The fourth-order valence-corrected chi connectivity index (χ4v) is 1.91. The van der Waals surface area contributed by atoms with Crippen LogP contribution < -0.4 is 5.32 Å². The number of hydrogen-bond donors (Lipinski definition) is 1. The Morgan fingerprint density at radius 1 is 1.35 bits per heavy atom. The molecule has 2 rings (SSSR count). The van der Waals surface area contributed by atoms with Crippen LogP contribution in [0.25, 0.3) is 0 Å². The maximum atomic E-state index is 5.84. The van der Waals surface area contributed by atoms with Gasteiger partial charge in [-0.2, -0.15) is 0 Å². The van der Waals surface area contributed by atoms with Crippen molar-refractivity contribution >= 4 is 33.2 Å². The third kappa shape index (κ3) is 3.17.